The molecule has 42 heavy (non-hydrogen) atoms. The van der Waals surface area contributed by atoms with Crippen LogP contribution in [0, 0.1) is 0 Å². The first-order chi connectivity index (χ1) is 19.9. The maximum absolute atomic E-state index is 12.3. The smallest absolute Gasteiger partial charge is 0.326 e. The molecule has 0 aliphatic carbocycles. The molecule has 0 unspecified atom stereocenters. The van der Waals surface area contributed by atoms with E-state index in [0.717, 1.165) is 59.3 Å². The molecular formula is C28H36N4O8S2. The normalized spacial score (nSPS) is 15.0. The van der Waals surface area contributed by atoms with Crippen LogP contribution in [0.2, 0.25) is 0 Å². The zero-order valence-corrected chi connectivity index (χ0v) is 25.1. The SMILES string of the molecule is CCOC(=O)Cn1c(O)c(Cc2ccc(N3CCC(NC[C@H](O)c4ccc(O)c(NS(C)(=O)=O)c4)CC3)cc2)sc1=O. The number of aromatic nitrogens is 1. The molecule has 1 aromatic heterocycles. The standard InChI is InChI=1S/C28H36N4O8S2/c1-3-40-26(35)17-32-27(36)25(41-28(32)37)14-18-4-7-21(8-5-18)31-12-10-20(11-13-31)29-16-24(34)19-6-9-23(33)22(15-19)30-42(2,38)39/h4-9,15,20,24,29-30,33-34,36H,3,10-14,16-17H2,1-2H3/t24-/m0/s1. The zero-order valence-electron chi connectivity index (χ0n) is 23.4. The highest BCUT2D eigenvalue weighted by atomic mass is 32.2. The van der Waals surface area contributed by atoms with Crippen LogP contribution in [0.25, 0.3) is 0 Å². The van der Waals surface area contributed by atoms with E-state index < -0.39 is 27.0 Å². The van der Waals surface area contributed by atoms with E-state index in [1.165, 1.54) is 12.1 Å². The van der Waals surface area contributed by atoms with Gasteiger partial charge in [-0.1, -0.05) is 29.5 Å². The molecule has 5 N–H and O–H groups in total. The Balaban J connectivity index is 1.27. The number of benzene rings is 2. The van der Waals surface area contributed by atoms with Crippen molar-refractivity contribution in [2.75, 3.05) is 42.1 Å². The number of phenols is 1. The number of hydrogen-bond acceptors (Lipinski definition) is 11. The van der Waals surface area contributed by atoms with Crippen LogP contribution in [0.5, 0.6) is 11.6 Å². The number of nitrogens with one attached hydrogen (secondary N) is 2. The molecule has 0 amide bonds. The molecule has 0 radical (unpaired) electrons. The summed E-state index contributed by atoms with van der Waals surface area (Å²) in [5.41, 5.74) is 2.49. The number of ether oxygens (including phenoxy) is 1. The van der Waals surface area contributed by atoms with Crippen LogP contribution < -0.4 is 19.8 Å². The van der Waals surface area contributed by atoms with Gasteiger partial charge in [0.2, 0.25) is 15.9 Å². The third-order valence-electron chi connectivity index (χ3n) is 6.99. The van der Waals surface area contributed by atoms with Crippen molar-refractivity contribution in [2.45, 2.75) is 44.9 Å². The number of hydrogen-bond donors (Lipinski definition) is 5. The summed E-state index contributed by atoms with van der Waals surface area (Å²) < 4.78 is 31.2. The Bertz CT molecular complexity index is 1540. The molecule has 1 saturated heterocycles. The van der Waals surface area contributed by atoms with E-state index in [2.05, 4.69) is 14.9 Å². The average Bonchev–Trinajstić information content (AvgIpc) is 3.20. The monoisotopic (exact) mass is 620 g/mol. The van der Waals surface area contributed by atoms with Gasteiger partial charge in [0.25, 0.3) is 0 Å². The van der Waals surface area contributed by atoms with Gasteiger partial charge in [0.05, 0.1) is 29.5 Å². The Morgan fingerprint density at radius 3 is 2.48 bits per heavy atom. The molecule has 3 aromatic rings. The third-order valence-corrected chi connectivity index (χ3v) is 8.55. The largest absolute Gasteiger partial charge is 0.506 e. The van der Waals surface area contributed by atoms with Crippen molar-refractivity contribution in [3.05, 3.63) is 68.1 Å². The van der Waals surface area contributed by atoms with Crippen molar-refractivity contribution >= 4 is 38.7 Å². The molecule has 2 heterocycles. The van der Waals surface area contributed by atoms with E-state index >= 15 is 0 Å². The minimum atomic E-state index is -3.57. The number of aliphatic hydroxyl groups excluding tert-OH is 1. The third kappa shape index (κ3) is 8.25. The number of aliphatic hydroxyl groups is 1. The predicted octanol–water partition coefficient (Wildman–Crippen LogP) is 2.14. The van der Waals surface area contributed by atoms with Gasteiger partial charge in [-0.3, -0.25) is 18.9 Å². The Labute approximate surface area is 248 Å². The number of aromatic hydroxyl groups is 2. The predicted molar refractivity (Wildman–Crippen MR) is 161 cm³/mol. The summed E-state index contributed by atoms with van der Waals surface area (Å²) >= 11 is 0.913. The maximum Gasteiger partial charge on any atom is 0.326 e. The van der Waals surface area contributed by atoms with Gasteiger partial charge in [-0.15, -0.1) is 0 Å². The molecule has 1 fully saturated rings. The van der Waals surface area contributed by atoms with Gasteiger partial charge in [-0.25, -0.2) is 8.42 Å². The van der Waals surface area contributed by atoms with Crippen molar-refractivity contribution in [2.24, 2.45) is 0 Å². The van der Waals surface area contributed by atoms with E-state index in [0.29, 0.717) is 16.9 Å². The average molecular weight is 621 g/mol. The first kappa shape index (κ1) is 31.3. The summed E-state index contributed by atoms with van der Waals surface area (Å²) in [5.74, 6) is -1.00. The molecule has 0 spiro atoms. The number of piperidine rings is 1. The fraction of sp³-hybridized carbons (Fsp3) is 0.429. The molecule has 228 valence electrons. The maximum atomic E-state index is 12.3. The van der Waals surface area contributed by atoms with Crippen LogP contribution in [-0.4, -0.2) is 72.8 Å². The molecule has 2 aromatic carbocycles. The van der Waals surface area contributed by atoms with E-state index in [-0.39, 0.29) is 43.1 Å². The second-order valence-corrected chi connectivity index (χ2v) is 13.0. The van der Waals surface area contributed by atoms with Crippen molar-refractivity contribution < 1.29 is 33.3 Å². The van der Waals surface area contributed by atoms with Crippen molar-refractivity contribution in [3.63, 3.8) is 0 Å². The summed E-state index contributed by atoms with van der Waals surface area (Å²) in [5, 5.41) is 34.4. The number of phenolic OH excluding ortho intramolecular Hbond substituents is 1. The number of thiazole rings is 1. The lowest BCUT2D eigenvalue weighted by Gasteiger charge is -2.34. The fourth-order valence-corrected chi connectivity index (χ4v) is 6.30. The van der Waals surface area contributed by atoms with Gasteiger partial charge in [0, 0.05) is 37.8 Å². The summed E-state index contributed by atoms with van der Waals surface area (Å²) in [6.07, 6.45) is 2.20. The molecule has 12 nitrogen and oxygen atoms in total. The number of carbonyl (C=O) groups is 1. The van der Waals surface area contributed by atoms with Gasteiger partial charge in [0.15, 0.2) is 0 Å². The molecule has 1 aliphatic heterocycles. The highest BCUT2D eigenvalue weighted by Gasteiger charge is 2.22. The molecule has 1 aliphatic rings. The summed E-state index contributed by atoms with van der Waals surface area (Å²) in [6, 6.07) is 12.5. The number of anilines is 2. The minimum Gasteiger partial charge on any atom is -0.506 e. The van der Waals surface area contributed by atoms with Gasteiger partial charge < -0.3 is 30.3 Å². The minimum absolute atomic E-state index is 0.0216. The Morgan fingerprint density at radius 2 is 1.83 bits per heavy atom. The number of esters is 1. The van der Waals surface area contributed by atoms with Crippen molar-refractivity contribution in [1.82, 2.24) is 9.88 Å². The second kappa shape index (κ2) is 13.6. The summed E-state index contributed by atoms with van der Waals surface area (Å²) in [7, 11) is -3.57. The van der Waals surface area contributed by atoms with E-state index in [4.69, 9.17) is 4.74 Å². The summed E-state index contributed by atoms with van der Waals surface area (Å²) in [6.45, 7) is 3.46. The Morgan fingerprint density at radius 1 is 1.14 bits per heavy atom. The van der Waals surface area contributed by atoms with Crippen LogP contribution >= 0.6 is 11.3 Å². The number of nitrogens with zero attached hydrogens (tertiary/aromatic N) is 2. The van der Waals surface area contributed by atoms with Gasteiger partial charge in [0.1, 0.15) is 12.3 Å². The molecule has 14 heteroatoms. The van der Waals surface area contributed by atoms with Crippen LogP contribution in [0.1, 0.15) is 41.9 Å². The quantitative estimate of drug-likeness (QED) is 0.149. The lowest BCUT2D eigenvalue weighted by Crippen LogP contribution is -2.43. The highest BCUT2D eigenvalue weighted by Crippen LogP contribution is 2.29. The van der Waals surface area contributed by atoms with Crippen LogP contribution in [0.15, 0.2) is 47.3 Å². The molecular weight excluding hydrogens is 584 g/mol. The topological polar surface area (TPSA) is 170 Å². The molecule has 4 rings (SSSR count). The Hall–Kier alpha value is -3.59. The van der Waals surface area contributed by atoms with Crippen LogP contribution in [0.4, 0.5) is 11.4 Å². The van der Waals surface area contributed by atoms with Gasteiger partial charge in [-0.05, 0) is 55.2 Å². The first-order valence-corrected chi connectivity index (χ1v) is 16.3. The Kier molecular flexibility index (Phi) is 10.1. The highest BCUT2D eigenvalue weighted by molar-refractivity contribution is 7.92. The van der Waals surface area contributed by atoms with Gasteiger partial charge >= 0.3 is 10.8 Å². The summed E-state index contributed by atoms with van der Waals surface area (Å²) in [4.78, 5) is 26.4. The fourth-order valence-electron chi connectivity index (χ4n) is 4.82. The molecule has 0 bridgehead atoms. The van der Waals surface area contributed by atoms with E-state index in [9.17, 15) is 33.3 Å². The lowest BCUT2D eigenvalue weighted by molar-refractivity contribution is -0.143. The first-order valence-electron chi connectivity index (χ1n) is 13.6. The lowest BCUT2D eigenvalue weighted by atomic mass is 10.0. The van der Waals surface area contributed by atoms with E-state index in [1.54, 1.807) is 13.0 Å². The number of rotatable bonds is 12. The van der Waals surface area contributed by atoms with E-state index in [1.807, 2.05) is 24.3 Å². The zero-order chi connectivity index (χ0) is 30.4. The van der Waals surface area contributed by atoms with Crippen LogP contribution in [-0.2, 0) is 32.5 Å². The molecule has 0 saturated carbocycles. The van der Waals surface area contributed by atoms with Crippen molar-refractivity contribution in [1.29, 1.82) is 0 Å². The van der Waals surface area contributed by atoms with Crippen molar-refractivity contribution in [3.8, 4) is 11.6 Å². The second-order valence-electron chi connectivity index (χ2n) is 10.2. The molecule has 1 atom stereocenters. The number of sulfonamides is 1. The van der Waals surface area contributed by atoms with Crippen LogP contribution in [0.3, 0.4) is 0 Å². The number of carbonyl (C=O) groups excluding carboxylic acids is 1. The van der Waals surface area contributed by atoms with Gasteiger partial charge in [-0.2, -0.15) is 0 Å².